The van der Waals surface area contributed by atoms with Crippen LogP contribution >= 0.6 is 34.8 Å². The molecule has 10 heteroatoms. The first kappa shape index (κ1) is 21.5. The topological polar surface area (TPSA) is 81.6 Å². The first-order chi connectivity index (χ1) is 14.9. The summed E-state index contributed by atoms with van der Waals surface area (Å²) in [6, 6.07) is 12.4. The average molecular weight is 476 g/mol. The van der Waals surface area contributed by atoms with Gasteiger partial charge in [0, 0.05) is 20.6 Å². The van der Waals surface area contributed by atoms with Gasteiger partial charge in [0.1, 0.15) is 24.6 Å². The number of benzene rings is 2. The second kappa shape index (κ2) is 9.20. The minimum Gasteiger partial charge on any atom is -0.381 e. The van der Waals surface area contributed by atoms with Crippen molar-refractivity contribution in [2.24, 2.45) is 0 Å². The molecule has 1 atom stereocenters. The predicted molar refractivity (Wildman–Crippen MR) is 121 cm³/mol. The van der Waals surface area contributed by atoms with Crippen LogP contribution in [0.5, 0.6) is 0 Å². The molecule has 31 heavy (non-hydrogen) atoms. The zero-order valence-corrected chi connectivity index (χ0v) is 18.4. The third-order valence-corrected chi connectivity index (χ3v) is 5.47. The molecule has 0 aliphatic carbocycles. The molecule has 1 N–H and O–H groups in total. The lowest BCUT2D eigenvalue weighted by molar-refractivity contribution is -0.00548. The maximum Gasteiger partial charge on any atom is 0.150 e. The summed E-state index contributed by atoms with van der Waals surface area (Å²) in [6.45, 7) is 0.184. The molecule has 2 aromatic carbocycles. The second-order valence-electron chi connectivity index (χ2n) is 6.91. The lowest BCUT2D eigenvalue weighted by atomic mass is 9.93. The van der Waals surface area contributed by atoms with Gasteiger partial charge in [-0.25, -0.2) is 19.3 Å². The van der Waals surface area contributed by atoms with Gasteiger partial charge in [0.05, 0.1) is 13.1 Å². The molecule has 2 aromatic heterocycles. The van der Waals surface area contributed by atoms with Crippen LogP contribution in [-0.2, 0) is 18.7 Å². The van der Waals surface area contributed by atoms with Gasteiger partial charge in [-0.05, 0) is 35.9 Å². The molecule has 0 saturated carbocycles. The van der Waals surface area contributed by atoms with Gasteiger partial charge in [-0.3, -0.25) is 0 Å². The molecule has 0 radical (unpaired) electrons. The quantitative estimate of drug-likeness (QED) is 0.423. The summed E-state index contributed by atoms with van der Waals surface area (Å²) >= 11 is 18.4. The van der Waals surface area contributed by atoms with E-state index in [1.54, 1.807) is 22.9 Å². The standard InChI is InChI=1S/C21H17Cl3N6O/c22-16-4-1-15(2-5-16)3-8-20-26-13-28-30(20)11-21(31,10-29-14-25-12-27-29)18-7-6-17(23)9-19(18)24/h1-9,12-14,31H,10-11H2. The van der Waals surface area contributed by atoms with Gasteiger partial charge in [-0.15, -0.1) is 0 Å². The van der Waals surface area contributed by atoms with Crippen LogP contribution in [0, 0.1) is 0 Å². The zero-order valence-electron chi connectivity index (χ0n) is 16.1. The molecule has 1 unspecified atom stereocenters. The van der Waals surface area contributed by atoms with Crippen molar-refractivity contribution < 1.29 is 5.11 Å². The molecular formula is C21H17Cl3N6O. The molecule has 7 nitrogen and oxygen atoms in total. The van der Waals surface area contributed by atoms with Gasteiger partial charge in [0.2, 0.25) is 0 Å². The van der Waals surface area contributed by atoms with Crippen LogP contribution in [0.4, 0.5) is 0 Å². The maximum absolute atomic E-state index is 11.7. The molecule has 158 valence electrons. The van der Waals surface area contributed by atoms with E-state index in [2.05, 4.69) is 20.2 Å². The summed E-state index contributed by atoms with van der Waals surface area (Å²) in [5.41, 5.74) is 0.00105. The maximum atomic E-state index is 11.7. The van der Waals surface area contributed by atoms with Gasteiger partial charge >= 0.3 is 0 Å². The Hall–Kier alpha value is -2.71. The molecule has 0 aliphatic heterocycles. The van der Waals surface area contributed by atoms with E-state index in [4.69, 9.17) is 34.8 Å². The van der Waals surface area contributed by atoms with E-state index in [1.807, 2.05) is 36.4 Å². The predicted octanol–water partition coefficient (Wildman–Crippen LogP) is 4.59. The van der Waals surface area contributed by atoms with E-state index in [-0.39, 0.29) is 13.1 Å². The van der Waals surface area contributed by atoms with E-state index < -0.39 is 5.60 Å². The summed E-state index contributed by atoms with van der Waals surface area (Å²) < 4.78 is 3.14. The van der Waals surface area contributed by atoms with Crippen molar-refractivity contribution in [2.45, 2.75) is 18.7 Å². The molecule has 0 bridgehead atoms. The minimum atomic E-state index is -1.45. The van der Waals surface area contributed by atoms with Gasteiger partial charge in [0.15, 0.2) is 5.82 Å². The van der Waals surface area contributed by atoms with Crippen molar-refractivity contribution >= 4 is 47.0 Å². The minimum absolute atomic E-state index is 0.0779. The Bertz CT molecular complexity index is 1190. The number of rotatable bonds is 7. The fourth-order valence-electron chi connectivity index (χ4n) is 3.19. The van der Waals surface area contributed by atoms with Crippen LogP contribution < -0.4 is 0 Å². The average Bonchev–Trinajstić information content (AvgIpc) is 3.39. The third kappa shape index (κ3) is 5.14. The smallest absolute Gasteiger partial charge is 0.150 e. The molecular weight excluding hydrogens is 459 g/mol. The highest BCUT2D eigenvalue weighted by Crippen LogP contribution is 2.33. The first-order valence-corrected chi connectivity index (χ1v) is 10.4. The number of nitrogens with zero attached hydrogens (tertiary/aromatic N) is 6. The number of hydrogen-bond donors (Lipinski definition) is 1. The molecule has 0 fully saturated rings. The summed E-state index contributed by atoms with van der Waals surface area (Å²) in [5.74, 6) is 0.567. The Morgan fingerprint density at radius 2 is 1.68 bits per heavy atom. The highest BCUT2D eigenvalue weighted by molar-refractivity contribution is 6.35. The second-order valence-corrected chi connectivity index (χ2v) is 8.19. The van der Waals surface area contributed by atoms with Crippen LogP contribution in [0.15, 0.2) is 61.4 Å². The molecule has 0 saturated heterocycles. The highest BCUT2D eigenvalue weighted by Gasteiger charge is 2.34. The molecule has 4 aromatic rings. The third-order valence-electron chi connectivity index (χ3n) is 4.67. The number of aliphatic hydroxyl groups is 1. The largest absolute Gasteiger partial charge is 0.381 e. The molecule has 0 aliphatic rings. The van der Waals surface area contributed by atoms with Gasteiger partial charge < -0.3 is 5.11 Å². The SMILES string of the molecule is OC(Cn1cncn1)(Cn1ncnc1C=Cc1ccc(Cl)cc1)c1ccc(Cl)cc1Cl. The number of aromatic nitrogens is 6. The lowest BCUT2D eigenvalue weighted by Gasteiger charge is -2.29. The Kier molecular flexibility index (Phi) is 6.38. The summed E-state index contributed by atoms with van der Waals surface area (Å²) in [6.07, 6.45) is 8.07. The summed E-state index contributed by atoms with van der Waals surface area (Å²) in [7, 11) is 0. The molecule has 4 rings (SSSR count). The van der Waals surface area contributed by atoms with E-state index in [1.165, 1.54) is 23.7 Å². The van der Waals surface area contributed by atoms with Crippen LogP contribution in [0.3, 0.4) is 0 Å². The van der Waals surface area contributed by atoms with E-state index in [0.29, 0.717) is 26.5 Å². The number of hydrogen-bond acceptors (Lipinski definition) is 5. The van der Waals surface area contributed by atoms with Crippen molar-refractivity contribution in [1.29, 1.82) is 0 Å². The number of halogens is 3. The van der Waals surface area contributed by atoms with Crippen LogP contribution in [0.1, 0.15) is 17.0 Å². The fourth-order valence-corrected chi connectivity index (χ4v) is 3.90. The monoisotopic (exact) mass is 474 g/mol. The molecule has 0 amide bonds. The van der Waals surface area contributed by atoms with Gasteiger partial charge in [-0.2, -0.15) is 10.2 Å². The fraction of sp³-hybridized carbons (Fsp3) is 0.143. The molecule has 2 heterocycles. The Balaban J connectivity index is 1.66. The van der Waals surface area contributed by atoms with Crippen molar-refractivity contribution in [2.75, 3.05) is 0 Å². The van der Waals surface area contributed by atoms with E-state index >= 15 is 0 Å². The molecule has 0 spiro atoms. The zero-order chi connectivity index (χ0) is 21.8. The normalized spacial score (nSPS) is 13.5. The van der Waals surface area contributed by atoms with Crippen LogP contribution in [0.2, 0.25) is 15.1 Å². The van der Waals surface area contributed by atoms with Crippen LogP contribution in [-0.4, -0.2) is 34.6 Å². The van der Waals surface area contributed by atoms with Gasteiger partial charge in [0.25, 0.3) is 0 Å². The van der Waals surface area contributed by atoms with Gasteiger partial charge in [-0.1, -0.05) is 59.1 Å². The Morgan fingerprint density at radius 3 is 2.39 bits per heavy atom. The van der Waals surface area contributed by atoms with E-state index in [0.717, 1.165) is 5.56 Å². The van der Waals surface area contributed by atoms with Crippen molar-refractivity contribution in [3.05, 3.63) is 93.5 Å². The Morgan fingerprint density at radius 1 is 0.903 bits per heavy atom. The van der Waals surface area contributed by atoms with E-state index in [9.17, 15) is 5.11 Å². The van der Waals surface area contributed by atoms with Crippen molar-refractivity contribution in [3.8, 4) is 0 Å². The first-order valence-electron chi connectivity index (χ1n) is 9.25. The summed E-state index contributed by atoms with van der Waals surface area (Å²) in [4.78, 5) is 8.25. The highest BCUT2D eigenvalue weighted by atomic mass is 35.5. The lowest BCUT2D eigenvalue weighted by Crippen LogP contribution is -2.37. The van der Waals surface area contributed by atoms with Crippen molar-refractivity contribution in [1.82, 2.24) is 29.5 Å². The van der Waals surface area contributed by atoms with Crippen LogP contribution in [0.25, 0.3) is 12.2 Å². The summed E-state index contributed by atoms with van der Waals surface area (Å²) in [5, 5.41) is 21.6. The van der Waals surface area contributed by atoms with Crippen molar-refractivity contribution in [3.63, 3.8) is 0 Å². The Labute approximate surface area is 193 Å².